The molecule has 5 nitrogen and oxygen atoms in total. The van der Waals surface area contributed by atoms with Crippen molar-refractivity contribution in [2.75, 3.05) is 13.2 Å². The highest BCUT2D eigenvalue weighted by molar-refractivity contribution is 5.87. The molecule has 0 N–H and O–H groups in total. The third-order valence-corrected chi connectivity index (χ3v) is 4.00. The van der Waals surface area contributed by atoms with Crippen LogP contribution in [0.15, 0.2) is 42.9 Å². The first-order valence-corrected chi connectivity index (χ1v) is 7.61. The van der Waals surface area contributed by atoms with Crippen LogP contribution in [-0.2, 0) is 9.47 Å². The minimum absolute atomic E-state index is 0.0222. The molecular formula is C17H20N2O3. The molecular weight excluding hydrogens is 280 g/mol. The molecule has 0 radical (unpaired) electrons. The van der Waals surface area contributed by atoms with Crippen LogP contribution in [0, 0.1) is 0 Å². The lowest BCUT2D eigenvalue weighted by Gasteiger charge is -2.17. The Morgan fingerprint density at radius 3 is 3.00 bits per heavy atom. The molecule has 1 aromatic heterocycles. The Morgan fingerprint density at radius 1 is 1.45 bits per heavy atom. The number of carbonyl (C=O) groups excluding carboxylic acids is 1. The first kappa shape index (κ1) is 14.8. The van der Waals surface area contributed by atoms with Crippen molar-refractivity contribution in [1.82, 2.24) is 9.55 Å². The summed E-state index contributed by atoms with van der Waals surface area (Å²) < 4.78 is 12.7. The Bertz CT molecular complexity index is 618. The molecule has 0 amide bonds. The van der Waals surface area contributed by atoms with E-state index in [0.717, 1.165) is 25.0 Å². The second kappa shape index (κ2) is 6.75. The molecule has 2 heterocycles. The van der Waals surface area contributed by atoms with E-state index in [0.29, 0.717) is 12.3 Å². The summed E-state index contributed by atoms with van der Waals surface area (Å²) >= 11 is 0. The van der Waals surface area contributed by atoms with Crippen molar-refractivity contribution in [2.24, 2.45) is 0 Å². The van der Waals surface area contributed by atoms with Gasteiger partial charge < -0.3 is 14.0 Å². The van der Waals surface area contributed by atoms with Crippen LogP contribution < -0.4 is 0 Å². The Balaban J connectivity index is 1.69. The molecule has 2 unspecified atom stereocenters. The Hall–Kier alpha value is -2.14. The fourth-order valence-electron chi connectivity index (χ4n) is 2.68. The molecule has 1 fully saturated rings. The van der Waals surface area contributed by atoms with Crippen LogP contribution in [0.4, 0.5) is 0 Å². The molecule has 1 saturated heterocycles. The maximum absolute atomic E-state index is 12.3. The van der Waals surface area contributed by atoms with Crippen LogP contribution in [0.5, 0.6) is 0 Å². The standard InChI is InChI=1S/C17H20N2O3/c1-13(14-6-3-2-4-7-14)19-12-18-10-16(19)17(20)22-11-15-8-5-9-21-15/h2-4,6-7,10,12-13,15H,5,8-9,11H2,1H3. The van der Waals surface area contributed by atoms with Gasteiger partial charge in [-0.15, -0.1) is 0 Å². The second-order valence-corrected chi connectivity index (χ2v) is 5.51. The Kier molecular flexibility index (Phi) is 4.53. The fraction of sp³-hybridized carbons (Fsp3) is 0.412. The van der Waals surface area contributed by atoms with Gasteiger partial charge in [0.25, 0.3) is 0 Å². The molecule has 116 valence electrons. The van der Waals surface area contributed by atoms with Gasteiger partial charge in [0, 0.05) is 6.61 Å². The summed E-state index contributed by atoms with van der Waals surface area (Å²) in [6.45, 7) is 3.10. The average Bonchev–Trinajstić information content (AvgIpc) is 3.24. The van der Waals surface area contributed by atoms with Gasteiger partial charge in [-0.1, -0.05) is 30.3 Å². The zero-order valence-electron chi connectivity index (χ0n) is 12.6. The molecule has 22 heavy (non-hydrogen) atoms. The number of hydrogen-bond donors (Lipinski definition) is 0. The topological polar surface area (TPSA) is 53.4 Å². The summed E-state index contributed by atoms with van der Waals surface area (Å²) in [7, 11) is 0. The molecule has 1 aliphatic rings. The number of imidazole rings is 1. The van der Waals surface area contributed by atoms with Gasteiger partial charge in [-0.2, -0.15) is 0 Å². The van der Waals surface area contributed by atoms with E-state index in [9.17, 15) is 4.79 Å². The summed E-state index contributed by atoms with van der Waals surface area (Å²) in [5, 5.41) is 0. The highest BCUT2D eigenvalue weighted by Crippen LogP contribution is 2.20. The monoisotopic (exact) mass is 300 g/mol. The van der Waals surface area contributed by atoms with Gasteiger partial charge in [0.05, 0.1) is 24.7 Å². The van der Waals surface area contributed by atoms with Gasteiger partial charge in [0.2, 0.25) is 0 Å². The van der Waals surface area contributed by atoms with Crippen LogP contribution in [-0.4, -0.2) is 34.8 Å². The van der Waals surface area contributed by atoms with Crippen LogP contribution in [0.25, 0.3) is 0 Å². The number of nitrogens with zero attached hydrogens (tertiary/aromatic N) is 2. The third kappa shape index (κ3) is 3.20. The summed E-state index contributed by atoms with van der Waals surface area (Å²) in [5.41, 5.74) is 1.59. The van der Waals surface area contributed by atoms with Crippen LogP contribution >= 0.6 is 0 Å². The van der Waals surface area contributed by atoms with E-state index < -0.39 is 0 Å². The Labute approximate surface area is 129 Å². The van der Waals surface area contributed by atoms with Crippen LogP contribution in [0.2, 0.25) is 0 Å². The third-order valence-electron chi connectivity index (χ3n) is 4.00. The zero-order chi connectivity index (χ0) is 15.4. The largest absolute Gasteiger partial charge is 0.458 e. The predicted molar refractivity (Wildman–Crippen MR) is 81.7 cm³/mol. The molecule has 2 atom stereocenters. The predicted octanol–water partition coefficient (Wildman–Crippen LogP) is 2.83. The molecule has 3 rings (SSSR count). The number of aromatic nitrogens is 2. The van der Waals surface area contributed by atoms with E-state index in [2.05, 4.69) is 4.98 Å². The first-order chi connectivity index (χ1) is 10.8. The van der Waals surface area contributed by atoms with E-state index in [1.807, 2.05) is 41.8 Å². The average molecular weight is 300 g/mol. The van der Waals surface area contributed by atoms with Gasteiger partial charge in [-0.25, -0.2) is 9.78 Å². The quantitative estimate of drug-likeness (QED) is 0.797. The van der Waals surface area contributed by atoms with E-state index >= 15 is 0 Å². The Morgan fingerprint density at radius 2 is 2.27 bits per heavy atom. The lowest BCUT2D eigenvalue weighted by atomic mass is 10.1. The van der Waals surface area contributed by atoms with Gasteiger partial charge in [-0.05, 0) is 25.3 Å². The van der Waals surface area contributed by atoms with Crippen molar-refractivity contribution < 1.29 is 14.3 Å². The molecule has 0 aliphatic carbocycles. The molecule has 0 bridgehead atoms. The van der Waals surface area contributed by atoms with Crippen LogP contribution in [0.1, 0.15) is 41.9 Å². The van der Waals surface area contributed by atoms with Crippen molar-refractivity contribution in [2.45, 2.75) is 31.9 Å². The van der Waals surface area contributed by atoms with Crippen molar-refractivity contribution in [3.05, 3.63) is 54.1 Å². The molecule has 2 aromatic rings. The maximum Gasteiger partial charge on any atom is 0.356 e. The van der Waals surface area contributed by atoms with Crippen molar-refractivity contribution in [1.29, 1.82) is 0 Å². The summed E-state index contributed by atoms with van der Waals surface area (Å²) in [5.74, 6) is -0.351. The van der Waals surface area contributed by atoms with E-state index in [4.69, 9.17) is 9.47 Å². The van der Waals surface area contributed by atoms with E-state index in [1.54, 1.807) is 12.5 Å². The number of rotatable bonds is 5. The lowest BCUT2D eigenvalue weighted by Crippen LogP contribution is -2.20. The second-order valence-electron chi connectivity index (χ2n) is 5.51. The van der Waals surface area contributed by atoms with Gasteiger partial charge >= 0.3 is 5.97 Å². The van der Waals surface area contributed by atoms with Gasteiger partial charge in [-0.3, -0.25) is 0 Å². The number of ether oxygens (including phenoxy) is 2. The van der Waals surface area contributed by atoms with Gasteiger partial charge in [0.1, 0.15) is 12.3 Å². The SMILES string of the molecule is CC(c1ccccc1)n1cncc1C(=O)OCC1CCCO1. The summed E-state index contributed by atoms with van der Waals surface area (Å²) in [6.07, 6.45) is 5.24. The number of benzene rings is 1. The number of carbonyl (C=O) groups is 1. The highest BCUT2D eigenvalue weighted by atomic mass is 16.6. The molecule has 5 heteroatoms. The lowest BCUT2D eigenvalue weighted by molar-refractivity contribution is 0.0152. The van der Waals surface area contributed by atoms with E-state index in [1.165, 1.54) is 0 Å². The molecule has 1 aromatic carbocycles. The number of esters is 1. The van der Waals surface area contributed by atoms with Crippen molar-refractivity contribution in [3.63, 3.8) is 0 Å². The first-order valence-electron chi connectivity index (χ1n) is 7.61. The molecule has 0 saturated carbocycles. The zero-order valence-corrected chi connectivity index (χ0v) is 12.6. The molecule has 1 aliphatic heterocycles. The highest BCUT2D eigenvalue weighted by Gasteiger charge is 2.21. The molecule has 0 spiro atoms. The van der Waals surface area contributed by atoms with Crippen molar-refractivity contribution in [3.8, 4) is 0 Å². The van der Waals surface area contributed by atoms with E-state index in [-0.39, 0.29) is 18.1 Å². The van der Waals surface area contributed by atoms with Gasteiger partial charge in [0.15, 0.2) is 0 Å². The summed E-state index contributed by atoms with van der Waals surface area (Å²) in [6, 6.07) is 10.0. The minimum Gasteiger partial charge on any atom is -0.458 e. The smallest absolute Gasteiger partial charge is 0.356 e. The van der Waals surface area contributed by atoms with Crippen molar-refractivity contribution >= 4 is 5.97 Å². The normalized spacial score (nSPS) is 19.0. The fourth-order valence-corrected chi connectivity index (χ4v) is 2.68. The number of hydrogen-bond acceptors (Lipinski definition) is 4. The van der Waals surface area contributed by atoms with Crippen LogP contribution in [0.3, 0.4) is 0 Å². The minimum atomic E-state index is -0.351. The maximum atomic E-state index is 12.3. The summed E-state index contributed by atoms with van der Waals surface area (Å²) in [4.78, 5) is 16.4.